The third-order valence-electron chi connectivity index (χ3n) is 4.78. The molecule has 1 aliphatic rings. The van der Waals surface area contributed by atoms with Gasteiger partial charge in [-0.3, -0.25) is 0 Å². The molecule has 24 heavy (non-hydrogen) atoms. The van der Waals surface area contributed by atoms with E-state index in [2.05, 4.69) is 96.9 Å². The second-order valence-electron chi connectivity index (χ2n) is 6.25. The normalized spacial score (nSPS) is 13.1. The number of fused-ring (bicyclic) bond motifs is 1. The molecule has 0 spiro atoms. The topological polar surface area (TPSA) is 3.24 Å². The highest BCUT2D eigenvalue weighted by atomic mass is 15.1. The lowest BCUT2D eigenvalue weighted by Gasteiger charge is -2.25. The Hall–Kier alpha value is -2.80. The fraction of sp³-hybridized carbons (Fsp3) is 0.130. The Morgan fingerprint density at radius 3 is 2.17 bits per heavy atom. The van der Waals surface area contributed by atoms with E-state index in [1.807, 2.05) is 0 Å². The third-order valence-corrected chi connectivity index (χ3v) is 4.78. The van der Waals surface area contributed by atoms with Crippen LogP contribution in [0.2, 0.25) is 0 Å². The van der Waals surface area contributed by atoms with Gasteiger partial charge in [-0.05, 0) is 41.3 Å². The molecule has 1 nitrogen and oxygen atoms in total. The molecular formula is C23H21N. The molecule has 4 rings (SSSR count). The van der Waals surface area contributed by atoms with E-state index in [1.54, 1.807) is 0 Å². The molecule has 0 unspecified atom stereocenters. The summed E-state index contributed by atoms with van der Waals surface area (Å²) in [7, 11) is 2.18. The first-order valence-corrected chi connectivity index (χ1v) is 8.50. The summed E-state index contributed by atoms with van der Waals surface area (Å²) in [5.41, 5.74) is 5.16. The highest BCUT2D eigenvalue weighted by molar-refractivity contribution is 5.72. The Labute approximate surface area is 143 Å². The van der Waals surface area contributed by atoms with Crippen LogP contribution in [0.25, 0.3) is 22.9 Å². The maximum Gasteiger partial charge on any atom is 0.0406 e. The van der Waals surface area contributed by atoms with Gasteiger partial charge in [-0.15, -0.1) is 0 Å². The molecule has 0 saturated carbocycles. The van der Waals surface area contributed by atoms with Gasteiger partial charge in [0.1, 0.15) is 0 Å². The number of nitrogens with zero attached hydrogens (tertiary/aromatic N) is 1. The zero-order valence-electron chi connectivity index (χ0n) is 13.9. The predicted octanol–water partition coefficient (Wildman–Crippen LogP) is 4.17. The van der Waals surface area contributed by atoms with Gasteiger partial charge >= 0.3 is 0 Å². The minimum Gasteiger partial charge on any atom is -0.348 e. The van der Waals surface area contributed by atoms with E-state index in [1.165, 1.54) is 32.9 Å². The monoisotopic (exact) mass is 311 g/mol. The van der Waals surface area contributed by atoms with Crippen LogP contribution >= 0.6 is 0 Å². The number of hydrogen-bond donors (Lipinski definition) is 0. The molecule has 0 amide bonds. The van der Waals surface area contributed by atoms with Crippen molar-refractivity contribution in [3.05, 3.63) is 89.3 Å². The van der Waals surface area contributed by atoms with Gasteiger partial charge in [-0.25, -0.2) is 0 Å². The summed E-state index contributed by atoms with van der Waals surface area (Å²) in [6.45, 7) is 0. The van der Waals surface area contributed by atoms with Crippen molar-refractivity contribution in [2.24, 2.45) is 0 Å². The molecule has 0 aliphatic heterocycles. The van der Waals surface area contributed by atoms with Gasteiger partial charge < -0.3 is 4.90 Å². The van der Waals surface area contributed by atoms with Crippen molar-refractivity contribution < 1.29 is 0 Å². The van der Waals surface area contributed by atoms with Crippen LogP contribution in [-0.4, -0.2) is 7.05 Å². The molecule has 0 radical (unpaired) electrons. The Morgan fingerprint density at radius 1 is 0.708 bits per heavy atom. The van der Waals surface area contributed by atoms with Crippen LogP contribution in [0.5, 0.6) is 0 Å². The van der Waals surface area contributed by atoms with Crippen molar-refractivity contribution in [3.8, 4) is 11.1 Å². The maximum atomic E-state index is 2.34. The highest BCUT2D eigenvalue weighted by Gasteiger charge is 2.11. The van der Waals surface area contributed by atoms with Gasteiger partial charge in [0.05, 0.1) is 0 Å². The number of anilines is 1. The first kappa shape index (κ1) is 14.8. The van der Waals surface area contributed by atoms with Gasteiger partial charge in [-0.1, -0.05) is 72.8 Å². The van der Waals surface area contributed by atoms with Crippen LogP contribution in [0.4, 0.5) is 5.69 Å². The molecule has 0 aromatic heterocycles. The Bertz CT molecular complexity index is 953. The number of benzene rings is 3. The first-order valence-electron chi connectivity index (χ1n) is 8.50. The molecule has 1 heteroatoms. The summed E-state index contributed by atoms with van der Waals surface area (Å²) in [5, 5.41) is 2.71. The molecular weight excluding hydrogens is 290 g/mol. The van der Waals surface area contributed by atoms with Gasteiger partial charge in [-0.2, -0.15) is 0 Å². The van der Waals surface area contributed by atoms with Crippen LogP contribution < -0.4 is 15.3 Å². The third kappa shape index (κ3) is 2.74. The standard InChI is InChI=1S/C23H21N/c1-24(23-13-7-11-20-10-5-6-12-22(20)23)21-16-14-19(15-17-21)18-8-3-2-4-9-18/h2-6,8-12,14-17H,7,13H2,1H3. The van der Waals surface area contributed by atoms with Gasteiger partial charge in [0.25, 0.3) is 0 Å². The van der Waals surface area contributed by atoms with Crippen molar-refractivity contribution >= 4 is 17.5 Å². The molecule has 0 heterocycles. The Balaban J connectivity index is 1.71. The van der Waals surface area contributed by atoms with Gasteiger partial charge in [0.2, 0.25) is 0 Å². The molecule has 0 bridgehead atoms. The van der Waals surface area contributed by atoms with Crippen molar-refractivity contribution in [2.75, 3.05) is 11.9 Å². The summed E-state index contributed by atoms with van der Waals surface area (Å²) in [5.74, 6) is 0. The summed E-state index contributed by atoms with van der Waals surface area (Å²) in [6.07, 6.45) is 4.54. The first-order chi connectivity index (χ1) is 11.8. The second kappa shape index (κ2) is 6.37. The summed E-state index contributed by atoms with van der Waals surface area (Å²) < 4.78 is 0. The molecule has 3 aromatic rings. The minimum absolute atomic E-state index is 1.09. The van der Waals surface area contributed by atoms with Crippen LogP contribution in [0.1, 0.15) is 12.8 Å². The lowest BCUT2D eigenvalue weighted by atomic mass is 10.0. The lowest BCUT2D eigenvalue weighted by Crippen LogP contribution is -2.35. The SMILES string of the molecule is CN(C1=c2ccccc2=CCC1)c1ccc(-c2ccccc2)cc1. The molecule has 0 fully saturated rings. The molecule has 0 N–H and O–H groups in total. The molecule has 0 atom stereocenters. The molecule has 1 aliphatic carbocycles. The van der Waals surface area contributed by atoms with E-state index in [-0.39, 0.29) is 0 Å². The zero-order chi connectivity index (χ0) is 16.4. The molecule has 118 valence electrons. The smallest absolute Gasteiger partial charge is 0.0406 e. The Kier molecular flexibility index (Phi) is 3.92. The lowest BCUT2D eigenvalue weighted by molar-refractivity contribution is 1.00. The largest absolute Gasteiger partial charge is 0.348 e. The van der Waals surface area contributed by atoms with E-state index >= 15 is 0 Å². The van der Waals surface area contributed by atoms with Crippen molar-refractivity contribution in [1.29, 1.82) is 0 Å². The minimum atomic E-state index is 1.09. The maximum absolute atomic E-state index is 2.34. The summed E-state index contributed by atoms with van der Waals surface area (Å²) in [4.78, 5) is 2.33. The van der Waals surface area contributed by atoms with Crippen LogP contribution in [0.3, 0.4) is 0 Å². The summed E-state index contributed by atoms with van der Waals surface area (Å²) >= 11 is 0. The zero-order valence-corrected chi connectivity index (χ0v) is 13.9. The average molecular weight is 311 g/mol. The molecule has 0 saturated heterocycles. The van der Waals surface area contributed by atoms with E-state index in [9.17, 15) is 0 Å². The van der Waals surface area contributed by atoms with Crippen molar-refractivity contribution in [2.45, 2.75) is 12.8 Å². The summed E-state index contributed by atoms with van der Waals surface area (Å²) in [6, 6.07) is 28.1. The number of rotatable bonds is 3. The number of hydrogen-bond acceptors (Lipinski definition) is 1. The van der Waals surface area contributed by atoms with E-state index < -0.39 is 0 Å². The second-order valence-corrected chi connectivity index (χ2v) is 6.25. The molecule has 3 aromatic carbocycles. The van der Waals surface area contributed by atoms with Crippen LogP contribution in [0.15, 0.2) is 78.9 Å². The van der Waals surface area contributed by atoms with E-state index in [4.69, 9.17) is 0 Å². The predicted molar refractivity (Wildman–Crippen MR) is 103 cm³/mol. The van der Waals surface area contributed by atoms with E-state index in [0.29, 0.717) is 0 Å². The van der Waals surface area contributed by atoms with Crippen LogP contribution in [-0.2, 0) is 0 Å². The van der Waals surface area contributed by atoms with Crippen LogP contribution in [0, 0.1) is 0 Å². The van der Waals surface area contributed by atoms with Crippen molar-refractivity contribution in [1.82, 2.24) is 0 Å². The highest BCUT2D eigenvalue weighted by Crippen LogP contribution is 2.25. The van der Waals surface area contributed by atoms with Gasteiger partial charge in [0, 0.05) is 23.7 Å². The van der Waals surface area contributed by atoms with E-state index in [0.717, 1.165) is 12.8 Å². The van der Waals surface area contributed by atoms with Gasteiger partial charge in [0.15, 0.2) is 0 Å². The average Bonchev–Trinajstić information content (AvgIpc) is 2.68. The fourth-order valence-corrected chi connectivity index (χ4v) is 3.45. The fourth-order valence-electron chi connectivity index (χ4n) is 3.45. The van der Waals surface area contributed by atoms with Crippen molar-refractivity contribution in [3.63, 3.8) is 0 Å². The quantitative estimate of drug-likeness (QED) is 0.701. The Morgan fingerprint density at radius 2 is 1.38 bits per heavy atom.